The lowest BCUT2D eigenvalue weighted by Crippen LogP contribution is -2.30. The van der Waals surface area contributed by atoms with Crippen LogP contribution in [0.25, 0.3) is 0 Å². The number of thioether (sulfide) groups is 1. The predicted molar refractivity (Wildman–Crippen MR) is 71.4 cm³/mol. The number of nitrogens with one attached hydrogen (secondary N) is 1. The quantitative estimate of drug-likeness (QED) is 0.645. The van der Waals surface area contributed by atoms with E-state index in [9.17, 15) is 18.0 Å². The van der Waals surface area contributed by atoms with Crippen LogP contribution in [0.1, 0.15) is 25.5 Å². The van der Waals surface area contributed by atoms with Gasteiger partial charge in [-0.1, -0.05) is 19.1 Å². The van der Waals surface area contributed by atoms with Crippen molar-refractivity contribution in [2.24, 2.45) is 0 Å². The lowest BCUT2D eigenvalue weighted by atomic mass is 10.1. The second kappa shape index (κ2) is 7.54. The normalized spacial score (nSPS) is 13.1. The zero-order valence-corrected chi connectivity index (χ0v) is 12.0. The molecule has 112 valence electrons. The van der Waals surface area contributed by atoms with Gasteiger partial charge in [-0.3, -0.25) is 0 Å². The zero-order valence-electron chi connectivity index (χ0n) is 11.2. The molecule has 1 unspecified atom stereocenters. The summed E-state index contributed by atoms with van der Waals surface area (Å²) in [7, 11) is 0. The Morgan fingerprint density at radius 3 is 2.35 bits per heavy atom. The van der Waals surface area contributed by atoms with Gasteiger partial charge < -0.3 is 10.1 Å². The molecule has 0 saturated heterocycles. The number of hydrogen-bond acceptors (Lipinski definition) is 4. The smallest absolute Gasteiger partial charge is 0.446 e. The van der Waals surface area contributed by atoms with E-state index >= 15 is 0 Å². The number of carbonyl (C=O) groups excluding carboxylic acids is 1. The third-order valence-electron chi connectivity index (χ3n) is 2.38. The summed E-state index contributed by atoms with van der Waals surface area (Å²) in [5.41, 5.74) is -3.74. The molecule has 1 atom stereocenters. The zero-order chi connectivity index (χ0) is 15.2. The molecule has 0 spiro atoms. The van der Waals surface area contributed by atoms with Gasteiger partial charge in [-0.15, -0.1) is 0 Å². The van der Waals surface area contributed by atoms with Crippen molar-refractivity contribution in [2.45, 2.75) is 30.3 Å². The number of ether oxygens (including phenoxy) is 1. The molecule has 1 aromatic rings. The van der Waals surface area contributed by atoms with Crippen molar-refractivity contribution in [2.75, 3.05) is 13.2 Å². The molecule has 0 bridgehead atoms. The minimum absolute atomic E-state index is 0.0837. The van der Waals surface area contributed by atoms with Crippen molar-refractivity contribution in [1.82, 2.24) is 5.32 Å². The highest BCUT2D eigenvalue weighted by Crippen LogP contribution is 2.37. The first-order valence-electron chi connectivity index (χ1n) is 6.13. The van der Waals surface area contributed by atoms with Crippen LogP contribution in [0, 0.1) is 0 Å². The number of halogens is 3. The Bertz CT molecular complexity index is 434. The maximum absolute atomic E-state index is 12.2. The molecule has 0 aliphatic carbocycles. The second-order valence-corrected chi connectivity index (χ2v) is 5.00. The molecule has 1 aromatic carbocycles. The van der Waals surface area contributed by atoms with E-state index in [0.717, 1.165) is 0 Å². The predicted octanol–water partition coefficient (Wildman–Crippen LogP) is 3.51. The molecule has 1 rings (SSSR count). The first-order valence-corrected chi connectivity index (χ1v) is 6.94. The molecule has 3 nitrogen and oxygen atoms in total. The topological polar surface area (TPSA) is 38.3 Å². The van der Waals surface area contributed by atoms with Gasteiger partial charge in [0.1, 0.15) is 6.04 Å². The Hall–Kier alpha value is -1.21. The number of benzene rings is 1. The van der Waals surface area contributed by atoms with Crippen molar-refractivity contribution in [3.8, 4) is 0 Å². The molecule has 0 amide bonds. The fourth-order valence-corrected chi connectivity index (χ4v) is 2.17. The van der Waals surface area contributed by atoms with E-state index in [1.807, 2.05) is 6.92 Å². The molecule has 0 saturated carbocycles. The molecule has 0 fully saturated rings. The lowest BCUT2D eigenvalue weighted by molar-refractivity contribution is -0.145. The van der Waals surface area contributed by atoms with E-state index in [0.29, 0.717) is 12.1 Å². The van der Waals surface area contributed by atoms with Crippen molar-refractivity contribution >= 4 is 17.7 Å². The van der Waals surface area contributed by atoms with Crippen LogP contribution in [0.5, 0.6) is 0 Å². The molecule has 0 aliphatic heterocycles. The summed E-state index contributed by atoms with van der Waals surface area (Å²) in [6.07, 6.45) is 0. The first kappa shape index (κ1) is 16.8. The monoisotopic (exact) mass is 307 g/mol. The molecular formula is C13H16F3NO2S. The van der Waals surface area contributed by atoms with Gasteiger partial charge in [0.25, 0.3) is 0 Å². The summed E-state index contributed by atoms with van der Waals surface area (Å²) >= 11 is -0.183. The van der Waals surface area contributed by atoms with E-state index in [1.165, 1.54) is 24.3 Å². The van der Waals surface area contributed by atoms with Crippen LogP contribution in [0.3, 0.4) is 0 Å². The largest absolute Gasteiger partial charge is 0.465 e. The van der Waals surface area contributed by atoms with E-state index < -0.39 is 17.5 Å². The fraction of sp³-hybridized carbons (Fsp3) is 0.462. The van der Waals surface area contributed by atoms with Crippen molar-refractivity contribution in [3.63, 3.8) is 0 Å². The van der Waals surface area contributed by atoms with Crippen LogP contribution in [0.2, 0.25) is 0 Å². The Morgan fingerprint density at radius 1 is 1.30 bits per heavy atom. The molecule has 0 heterocycles. The van der Waals surface area contributed by atoms with Gasteiger partial charge in [-0.25, -0.2) is 4.79 Å². The van der Waals surface area contributed by atoms with Gasteiger partial charge in [0.15, 0.2) is 0 Å². The lowest BCUT2D eigenvalue weighted by Gasteiger charge is -2.17. The summed E-state index contributed by atoms with van der Waals surface area (Å²) in [6.45, 7) is 4.33. The summed E-state index contributed by atoms with van der Waals surface area (Å²) < 4.78 is 41.6. The minimum Gasteiger partial charge on any atom is -0.465 e. The second-order valence-electron chi connectivity index (χ2n) is 3.86. The Kier molecular flexibility index (Phi) is 6.35. The Labute approximate surface area is 119 Å². The van der Waals surface area contributed by atoms with E-state index in [4.69, 9.17) is 4.74 Å². The third-order valence-corrected chi connectivity index (χ3v) is 3.12. The van der Waals surface area contributed by atoms with Gasteiger partial charge >= 0.3 is 11.5 Å². The number of alkyl halides is 3. The molecule has 1 N–H and O–H groups in total. The van der Waals surface area contributed by atoms with Gasteiger partial charge in [0, 0.05) is 4.90 Å². The minimum atomic E-state index is -4.32. The van der Waals surface area contributed by atoms with Crippen LogP contribution in [0.4, 0.5) is 13.2 Å². The van der Waals surface area contributed by atoms with E-state index in [1.54, 1.807) is 6.92 Å². The molecule has 0 aliphatic rings. The molecule has 20 heavy (non-hydrogen) atoms. The van der Waals surface area contributed by atoms with Gasteiger partial charge in [0.05, 0.1) is 6.61 Å². The standard InChI is InChI=1S/C13H16F3NO2S/c1-3-17-11(12(18)19-4-2)9-5-7-10(8-6-9)20-13(14,15)16/h5-8,11,17H,3-4H2,1-2H3. The van der Waals surface area contributed by atoms with Crippen LogP contribution in [0.15, 0.2) is 29.2 Å². The maximum atomic E-state index is 12.2. The van der Waals surface area contributed by atoms with Crippen molar-refractivity contribution in [3.05, 3.63) is 29.8 Å². The van der Waals surface area contributed by atoms with E-state index in [-0.39, 0.29) is 23.3 Å². The van der Waals surface area contributed by atoms with Crippen LogP contribution in [-0.2, 0) is 9.53 Å². The average Bonchev–Trinajstić information content (AvgIpc) is 2.35. The highest BCUT2D eigenvalue weighted by atomic mass is 32.2. The van der Waals surface area contributed by atoms with Gasteiger partial charge in [0.2, 0.25) is 0 Å². The average molecular weight is 307 g/mol. The van der Waals surface area contributed by atoms with Gasteiger partial charge in [-0.2, -0.15) is 13.2 Å². The number of esters is 1. The van der Waals surface area contributed by atoms with Crippen LogP contribution >= 0.6 is 11.8 Å². The Balaban J connectivity index is 2.85. The number of hydrogen-bond donors (Lipinski definition) is 1. The number of carbonyl (C=O) groups is 1. The van der Waals surface area contributed by atoms with Crippen LogP contribution < -0.4 is 5.32 Å². The summed E-state index contributed by atoms with van der Waals surface area (Å²) in [6, 6.07) is 5.02. The summed E-state index contributed by atoms with van der Waals surface area (Å²) in [5.74, 6) is -0.439. The van der Waals surface area contributed by atoms with Gasteiger partial charge in [-0.05, 0) is 42.9 Å². The highest BCUT2D eigenvalue weighted by molar-refractivity contribution is 8.00. The summed E-state index contributed by atoms with van der Waals surface area (Å²) in [5, 5.41) is 2.95. The number of likely N-dealkylation sites (N-methyl/N-ethyl adjacent to an activating group) is 1. The first-order chi connectivity index (χ1) is 9.37. The number of rotatable bonds is 6. The van der Waals surface area contributed by atoms with Crippen LogP contribution in [-0.4, -0.2) is 24.6 Å². The van der Waals surface area contributed by atoms with Crippen molar-refractivity contribution < 1.29 is 22.7 Å². The molecular weight excluding hydrogens is 291 g/mol. The van der Waals surface area contributed by atoms with Crippen molar-refractivity contribution in [1.29, 1.82) is 0 Å². The molecule has 0 aromatic heterocycles. The fourth-order valence-electron chi connectivity index (χ4n) is 1.63. The van der Waals surface area contributed by atoms with E-state index in [2.05, 4.69) is 5.32 Å². The molecule has 7 heteroatoms. The molecule has 0 radical (unpaired) electrons. The Morgan fingerprint density at radius 2 is 1.90 bits per heavy atom. The summed E-state index contributed by atoms with van der Waals surface area (Å²) in [4.78, 5) is 11.9. The SMILES string of the molecule is CCNC(C(=O)OCC)c1ccc(SC(F)(F)F)cc1. The third kappa shape index (κ3) is 5.42. The maximum Gasteiger partial charge on any atom is 0.446 e. The highest BCUT2D eigenvalue weighted by Gasteiger charge is 2.29.